The van der Waals surface area contributed by atoms with E-state index in [0.29, 0.717) is 16.9 Å². The number of hydrogen-bond donors (Lipinski definition) is 3. The molecule has 2 aromatic rings. The summed E-state index contributed by atoms with van der Waals surface area (Å²) < 4.78 is 1.52. The lowest BCUT2D eigenvalue weighted by molar-refractivity contribution is 0.101. The Morgan fingerprint density at radius 1 is 1.40 bits per heavy atom. The van der Waals surface area contributed by atoms with Crippen molar-refractivity contribution >= 4 is 17.4 Å². The van der Waals surface area contributed by atoms with Crippen LogP contribution in [0.3, 0.4) is 0 Å². The van der Waals surface area contributed by atoms with Gasteiger partial charge in [0.05, 0.1) is 5.69 Å². The molecule has 104 valence electrons. The summed E-state index contributed by atoms with van der Waals surface area (Å²) in [5.41, 5.74) is 7.90. The predicted molar refractivity (Wildman–Crippen MR) is 74.9 cm³/mol. The predicted octanol–water partition coefficient (Wildman–Crippen LogP) is 1.08. The zero-order valence-corrected chi connectivity index (χ0v) is 11.2. The summed E-state index contributed by atoms with van der Waals surface area (Å²) in [4.78, 5) is 12.1. The van der Waals surface area contributed by atoms with E-state index in [4.69, 9.17) is 10.9 Å². The second kappa shape index (κ2) is 5.43. The van der Waals surface area contributed by atoms with Crippen LogP contribution in [0, 0.1) is 6.92 Å². The average Bonchev–Trinajstić information content (AvgIpc) is 2.78. The number of aromatic nitrogens is 2. The Morgan fingerprint density at radius 2 is 2.05 bits per heavy atom. The van der Waals surface area contributed by atoms with Crippen LogP contribution in [0.1, 0.15) is 21.7 Å². The summed E-state index contributed by atoms with van der Waals surface area (Å²) in [6, 6.07) is 8.36. The number of anilines is 1. The molecule has 0 atom stereocenters. The fourth-order valence-corrected chi connectivity index (χ4v) is 1.80. The topological polar surface area (TPSA) is 106 Å². The molecule has 1 aromatic heterocycles. The molecule has 0 fully saturated rings. The molecule has 0 unspecified atom stereocenters. The fraction of sp³-hybridized carbons (Fsp3) is 0.154. The standard InChI is InChI=1S/C13H15N5O2/c1-8-7-11(18(2)16-8)13(19)15-10-5-3-9(4-6-10)12(14)17-20/h3-7,20H,1-2H3,(H2,14,17)(H,15,19). The van der Waals surface area contributed by atoms with E-state index in [-0.39, 0.29) is 11.7 Å². The van der Waals surface area contributed by atoms with Crippen LogP contribution in [0.2, 0.25) is 0 Å². The highest BCUT2D eigenvalue weighted by Crippen LogP contribution is 2.11. The van der Waals surface area contributed by atoms with Crippen LogP contribution in [-0.4, -0.2) is 26.7 Å². The highest BCUT2D eigenvalue weighted by molar-refractivity contribution is 6.03. The minimum atomic E-state index is -0.246. The van der Waals surface area contributed by atoms with Crippen molar-refractivity contribution < 1.29 is 10.0 Å². The van der Waals surface area contributed by atoms with Crippen molar-refractivity contribution in [2.45, 2.75) is 6.92 Å². The SMILES string of the molecule is Cc1cc(C(=O)Nc2ccc(C(N)=NO)cc2)n(C)n1. The van der Waals surface area contributed by atoms with Crippen molar-refractivity contribution in [1.82, 2.24) is 9.78 Å². The van der Waals surface area contributed by atoms with E-state index in [0.717, 1.165) is 5.69 Å². The molecule has 0 spiro atoms. The quantitative estimate of drug-likeness (QED) is 0.336. The van der Waals surface area contributed by atoms with Gasteiger partial charge in [0.15, 0.2) is 5.84 Å². The molecule has 20 heavy (non-hydrogen) atoms. The molecule has 0 bridgehead atoms. The molecule has 0 radical (unpaired) electrons. The van der Waals surface area contributed by atoms with Crippen LogP contribution in [0.25, 0.3) is 0 Å². The summed E-state index contributed by atoms with van der Waals surface area (Å²) in [5, 5.41) is 18.3. The lowest BCUT2D eigenvalue weighted by atomic mass is 10.2. The third-order valence-corrected chi connectivity index (χ3v) is 2.78. The van der Waals surface area contributed by atoms with E-state index in [1.165, 1.54) is 4.68 Å². The molecule has 0 aliphatic heterocycles. The monoisotopic (exact) mass is 273 g/mol. The number of aryl methyl sites for hydroxylation is 2. The first-order valence-electron chi connectivity index (χ1n) is 5.91. The summed E-state index contributed by atoms with van der Waals surface area (Å²) in [7, 11) is 1.71. The number of amides is 1. The number of benzene rings is 1. The van der Waals surface area contributed by atoms with Gasteiger partial charge in [-0.15, -0.1) is 0 Å². The van der Waals surface area contributed by atoms with E-state index >= 15 is 0 Å². The summed E-state index contributed by atoms with van der Waals surface area (Å²) in [6.45, 7) is 1.82. The van der Waals surface area contributed by atoms with Gasteiger partial charge in [0.1, 0.15) is 5.69 Å². The highest BCUT2D eigenvalue weighted by atomic mass is 16.4. The Hall–Kier alpha value is -2.83. The van der Waals surface area contributed by atoms with Gasteiger partial charge in [-0.05, 0) is 37.3 Å². The molecule has 1 heterocycles. The maximum absolute atomic E-state index is 12.1. The van der Waals surface area contributed by atoms with Gasteiger partial charge in [-0.3, -0.25) is 9.48 Å². The Bertz CT molecular complexity index is 658. The molecule has 1 aromatic carbocycles. The summed E-state index contributed by atoms with van der Waals surface area (Å²) in [5.74, 6) is -0.227. The number of oxime groups is 1. The molecule has 0 aliphatic carbocycles. The minimum Gasteiger partial charge on any atom is -0.409 e. The van der Waals surface area contributed by atoms with Gasteiger partial charge in [0, 0.05) is 18.3 Å². The van der Waals surface area contributed by atoms with E-state index in [1.807, 2.05) is 6.92 Å². The number of rotatable bonds is 3. The van der Waals surface area contributed by atoms with Crippen molar-refractivity contribution in [2.75, 3.05) is 5.32 Å². The smallest absolute Gasteiger partial charge is 0.273 e. The number of nitrogens with two attached hydrogens (primary N) is 1. The second-order valence-corrected chi connectivity index (χ2v) is 4.31. The maximum Gasteiger partial charge on any atom is 0.273 e. The van der Waals surface area contributed by atoms with Gasteiger partial charge < -0.3 is 16.3 Å². The zero-order valence-electron chi connectivity index (χ0n) is 11.2. The number of hydrogen-bond acceptors (Lipinski definition) is 4. The fourth-order valence-electron chi connectivity index (χ4n) is 1.80. The van der Waals surface area contributed by atoms with Crippen LogP contribution in [-0.2, 0) is 7.05 Å². The first kappa shape index (κ1) is 13.6. The number of nitrogens with zero attached hydrogens (tertiary/aromatic N) is 3. The Kier molecular flexibility index (Phi) is 3.69. The molecule has 1 amide bonds. The van der Waals surface area contributed by atoms with Crippen molar-refractivity contribution in [3.63, 3.8) is 0 Å². The molecular formula is C13H15N5O2. The molecular weight excluding hydrogens is 258 g/mol. The molecule has 0 saturated heterocycles. The Labute approximate surface area is 115 Å². The first-order valence-corrected chi connectivity index (χ1v) is 5.91. The minimum absolute atomic E-state index is 0.0186. The van der Waals surface area contributed by atoms with Crippen molar-refractivity contribution in [2.24, 2.45) is 17.9 Å². The van der Waals surface area contributed by atoms with Crippen LogP contribution < -0.4 is 11.1 Å². The van der Waals surface area contributed by atoms with Gasteiger partial charge >= 0.3 is 0 Å². The zero-order chi connectivity index (χ0) is 14.7. The van der Waals surface area contributed by atoms with Crippen LogP contribution in [0.4, 0.5) is 5.69 Å². The van der Waals surface area contributed by atoms with Crippen molar-refractivity contribution in [1.29, 1.82) is 0 Å². The maximum atomic E-state index is 12.1. The number of amidine groups is 1. The normalized spacial score (nSPS) is 11.4. The van der Waals surface area contributed by atoms with E-state index in [2.05, 4.69) is 15.6 Å². The molecule has 7 heteroatoms. The van der Waals surface area contributed by atoms with Gasteiger partial charge in [-0.1, -0.05) is 5.16 Å². The Morgan fingerprint density at radius 3 is 2.55 bits per heavy atom. The van der Waals surface area contributed by atoms with E-state index < -0.39 is 0 Å². The third-order valence-electron chi connectivity index (χ3n) is 2.78. The number of nitrogens with one attached hydrogen (secondary N) is 1. The molecule has 0 saturated carbocycles. The third kappa shape index (κ3) is 2.77. The van der Waals surface area contributed by atoms with Gasteiger partial charge in [0.25, 0.3) is 5.91 Å². The van der Waals surface area contributed by atoms with Crippen LogP contribution >= 0.6 is 0 Å². The van der Waals surface area contributed by atoms with E-state index in [9.17, 15) is 4.79 Å². The second-order valence-electron chi connectivity index (χ2n) is 4.31. The van der Waals surface area contributed by atoms with Crippen LogP contribution in [0.15, 0.2) is 35.5 Å². The molecule has 0 aliphatic rings. The van der Waals surface area contributed by atoms with Crippen molar-refractivity contribution in [3.8, 4) is 0 Å². The molecule has 2 rings (SSSR count). The summed E-state index contributed by atoms with van der Waals surface area (Å²) >= 11 is 0. The largest absolute Gasteiger partial charge is 0.409 e. The van der Waals surface area contributed by atoms with Gasteiger partial charge in [0.2, 0.25) is 0 Å². The molecule has 4 N–H and O–H groups in total. The average molecular weight is 273 g/mol. The van der Waals surface area contributed by atoms with E-state index in [1.54, 1.807) is 37.4 Å². The highest BCUT2D eigenvalue weighted by Gasteiger charge is 2.12. The lowest BCUT2D eigenvalue weighted by Crippen LogP contribution is -2.16. The van der Waals surface area contributed by atoms with Crippen molar-refractivity contribution in [3.05, 3.63) is 47.3 Å². The lowest BCUT2D eigenvalue weighted by Gasteiger charge is -2.06. The number of carbonyl (C=O) groups excluding carboxylic acids is 1. The molecule has 7 nitrogen and oxygen atoms in total. The van der Waals surface area contributed by atoms with Gasteiger partial charge in [-0.25, -0.2) is 0 Å². The first-order chi connectivity index (χ1) is 9.51. The van der Waals surface area contributed by atoms with Crippen LogP contribution in [0.5, 0.6) is 0 Å². The Balaban J connectivity index is 2.14. The number of carbonyl (C=O) groups is 1. The van der Waals surface area contributed by atoms with Gasteiger partial charge in [-0.2, -0.15) is 5.10 Å². The summed E-state index contributed by atoms with van der Waals surface area (Å²) in [6.07, 6.45) is 0.